The van der Waals surface area contributed by atoms with E-state index in [1.165, 1.54) is 56.4 Å². The number of fused-ring (bicyclic) bond motifs is 1. The molecule has 3 aliphatic heterocycles. The summed E-state index contributed by atoms with van der Waals surface area (Å²) in [7, 11) is 1.50. The number of urea groups is 1. The minimum atomic E-state index is -1.53. The highest BCUT2D eigenvalue weighted by molar-refractivity contribution is 6.07. The summed E-state index contributed by atoms with van der Waals surface area (Å²) in [6.07, 6.45) is 3.56. The van der Waals surface area contributed by atoms with Gasteiger partial charge in [0.2, 0.25) is 5.91 Å². The van der Waals surface area contributed by atoms with Gasteiger partial charge >= 0.3 is 6.03 Å². The molecule has 5 N–H and O–H groups in total. The number of ether oxygens (including phenoxy) is 2. The summed E-state index contributed by atoms with van der Waals surface area (Å²) in [6, 6.07) is 19.7. The van der Waals surface area contributed by atoms with E-state index in [-0.39, 0.29) is 53.1 Å². The van der Waals surface area contributed by atoms with E-state index in [2.05, 4.69) is 30.1 Å². The Morgan fingerprint density at radius 3 is 2.25 bits per heavy atom. The minimum absolute atomic E-state index is 0.105. The average Bonchev–Trinajstić information content (AvgIpc) is 3.81. The molecular formula is C53H57F2N9O7. The number of piperidine rings is 1. The van der Waals surface area contributed by atoms with Crippen LogP contribution in [0.5, 0.6) is 5.75 Å². The number of likely N-dealkylation sites (tertiary alicyclic amines) is 1. The fourth-order valence-electron chi connectivity index (χ4n) is 9.80. The number of primary amides is 1. The van der Waals surface area contributed by atoms with Crippen molar-refractivity contribution in [2.45, 2.75) is 58.3 Å². The Bertz CT molecular complexity index is 3010. The van der Waals surface area contributed by atoms with Gasteiger partial charge in [0.05, 0.1) is 42.4 Å². The summed E-state index contributed by atoms with van der Waals surface area (Å²) in [5, 5.41) is 13.9. The molecule has 0 aliphatic carbocycles. The van der Waals surface area contributed by atoms with Crippen molar-refractivity contribution in [3.63, 3.8) is 0 Å². The number of nitrogens with two attached hydrogens (primary N) is 1. The number of anilines is 1. The van der Waals surface area contributed by atoms with Crippen molar-refractivity contribution in [3.8, 4) is 39.4 Å². The number of carbonyl (C=O) groups is 4. The first-order valence-electron chi connectivity index (χ1n) is 23.8. The highest BCUT2D eigenvalue weighted by Crippen LogP contribution is 2.41. The van der Waals surface area contributed by atoms with E-state index >= 15 is 8.78 Å². The lowest BCUT2D eigenvalue weighted by atomic mass is 9.84. The molecule has 71 heavy (non-hydrogen) atoms. The maximum atomic E-state index is 16.1. The van der Waals surface area contributed by atoms with Crippen LogP contribution >= 0.6 is 0 Å². The van der Waals surface area contributed by atoms with Crippen LogP contribution in [-0.2, 0) is 21.7 Å². The number of H-pyrrole nitrogens is 1. The van der Waals surface area contributed by atoms with Crippen molar-refractivity contribution in [2.75, 3.05) is 70.9 Å². The second-order valence-corrected chi connectivity index (χ2v) is 18.9. The smallest absolute Gasteiger partial charge is 0.328 e. The number of rotatable bonds is 14. The quantitative estimate of drug-likeness (QED) is 0.0899. The van der Waals surface area contributed by atoms with Gasteiger partial charge in [-0.2, -0.15) is 0 Å². The molecule has 3 fully saturated rings. The number of methoxy groups -OCH3 is 1. The molecule has 5 amide bonds. The number of carbonyl (C=O) groups excluding carboxylic acids is 4. The van der Waals surface area contributed by atoms with Crippen molar-refractivity contribution in [3.05, 3.63) is 119 Å². The topological polar surface area (TPSA) is 200 Å². The van der Waals surface area contributed by atoms with Crippen LogP contribution in [-0.4, -0.2) is 131 Å². The lowest BCUT2D eigenvalue weighted by Gasteiger charge is -2.37. The Labute approximate surface area is 409 Å². The molecule has 3 saturated heterocycles. The molecule has 3 aliphatic rings. The number of benzene rings is 4. The van der Waals surface area contributed by atoms with Crippen LogP contribution in [0.25, 0.3) is 44.7 Å². The molecule has 18 heteroatoms. The molecule has 0 spiro atoms. The number of halogens is 2. The monoisotopic (exact) mass is 969 g/mol. The number of hydrogen-bond acceptors (Lipinski definition) is 11. The Morgan fingerprint density at radius 2 is 1.58 bits per heavy atom. The fraction of sp³-hybridized carbons (Fsp3) is 0.358. The van der Waals surface area contributed by atoms with Gasteiger partial charge in [-0.05, 0) is 104 Å². The second-order valence-electron chi connectivity index (χ2n) is 18.9. The third kappa shape index (κ3) is 10.4. The first-order valence-corrected chi connectivity index (χ1v) is 23.8. The molecule has 0 bridgehead atoms. The van der Waals surface area contributed by atoms with E-state index in [0.717, 1.165) is 68.9 Å². The number of aromatic nitrogens is 3. The maximum absolute atomic E-state index is 16.1. The Morgan fingerprint density at radius 1 is 0.873 bits per heavy atom. The van der Waals surface area contributed by atoms with Gasteiger partial charge in [0.25, 0.3) is 11.8 Å². The summed E-state index contributed by atoms with van der Waals surface area (Å²) in [5.74, 6) is -2.58. The molecule has 370 valence electrons. The predicted molar refractivity (Wildman–Crippen MR) is 264 cm³/mol. The van der Waals surface area contributed by atoms with Crippen LogP contribution in [0.15, 0.2) is 79.1 Å². The van der Waals surface area contributed by atoms with E-state index in [4.69, 9.17) is 15.2 Å². The van der Waals surface area contributed by atoms with Crippen LogP contribution in [0, 0.1) is 18.6 Å². The van der Waals surface area contributed by atoms with Gasteiger partial charge in [0.15, 0.2) is 0 Å². The van der Waals surface area contributed by atoms with Gasteiger partial charge in [-0.1, -0.05) is 30.3 Å². The van der Waals surface area contributed by atoms with Crippen molar-refractivity contribution < 1.29 is 42.5 Å². The molecule has 6 aromatic rings. The number of nitrogens with one attached hydrogen (secondary N) is 2. The highest BCUT2D eigenvalue weighted by Gasteiger charge is 2.31. The molecule has 0 atom stereocenters. The van der Waals surface area contributed by atoms with Crippen LogP contribution < -0.4 is 20.7 Å². The SMILES string of the molecule is COc1ccc(C(=O)N2CCN(CCN3CCC(OCc4ccc(-c5cc6c(-c7cc(F)cc(-c8c(C(C)(C)O)ccc(C(N)=O)c8F)c7C)ncnc6[nH]5)cc4)CC3)CC2)cc1N1CCC(=O)NC1=O. The summed E-state index contributed by atoms with van der Waals surface area (Å²) < 4.78 is 43.5. The molecule has 2 aromatic heterocycles. The van der Waals surface area contributed by atoms with Crippen molar-refractivity contribution >= 4 is 40.5 Å². The maximum Gasteiger partial charge on any atom is 0.328 e. The zero-order valence-corrected chi connectivity index (χ0v) is 40.2. The van der Waals surface area contributed by atoms with E-state index in [1.54, 1.807) is 25.1 Å². The molecule has 9 rings (SSSR count). The van der Waals surface area contributed by atoms with Gasteiger partial charge in [0.1, 0.15) is 29.4 Å². The van der Waals surface area contributed by atoms with E-state index in [9.17, 15) is 24.3 Å². The summed E-state index contributed by atoms with van der Waals surface area (Å²) >= 11 is 0. The van der Waals surface area contributed by atoms with Gasteiger partial charge in [-0.15, -0.1) is 0 Å². The lowest BCUT2D eigenvalue weighted by Crippen LogP contribution is -2.51. The number of hydrogen-bond donors (Lipinski definition) is 4. The highest BCUT2D eigenvalue weighted by atomic mass is 19.1. The first-order chi connectivity index (χ1) is 34.1. The minimum Gasteiger partial charge on any atom is -0.495 e. The first kappa shape index (κ1) is 48.9. The van der Waals surface area contributed by atoms with Crippen molar-refractivity contribution in [1.29, 1.82) is 0 Å². The number of nitrogens with zero attached hydrogens (tertiary/aromatic N) is 6. The van der Waals surface area contributed by atoms with Crippen LogP contribution in [0.4, 0.5) is 19.3 Å². The molecule has 16 nitrogen and oxygen atoms in total. The molecule has 4 aromatic carbocycles. The number of piperazine rings is 1. The standard InChI is InChI=1S/C53H57F2N9O7/c1-31-38(46-41(53(2,3)69)11-10-37(47(46)55)49(56)66)26-35(54)27-39(31)48-40-28-42(59-50(40)58-30-57-48)33-7-5-32(6-8-33)29-71-36-13-16-61(17-14-36)19-20-62-21-23-63(24-22-62)51(67)34-9-12-44(70-4)43(25-34)64-18-15-45(65)60-52(64)68/h5-12,25-28,30,36,69H,13-24,29H2,1-4H3,(H2,56,66)(H,57,58,59)(H,60,65,68). The van der Waals surface area contributed by atoms with Crippen LogP contribution in [0.2, 0.25) is 0 Å². The zero-order valence-electron chi connectivity index (χ0n) is 40.2. The Hall–Kier alpha value is -7.12. The van der Waals surface area contributed by atoms with Gasteiger partial charge in [-0.3, -0.25) is 29.5 Å². The summed E-state index contributed by atoms with van der Waals surface area (Å²) in [4.78, 5) is 70.5. The molecular weight excluding hydrogens is 913 g/mol. The molecule has 5 heterocycles. The zero-order chi connectivity index (χ0) is 50.1. The van der Waals surface area contributed by atoms with E-state index < -0.39 is 29.2 Å². The van der Waals surface area contributed by atoms with Gasteiger partial charge < -0.3 is 35.1 Å². The number of aliphatic hydroxyl groups is 1. The van der Waals surface area contributed by atoms with Gasteiger partial charge in [-0.25, -0.2) is 23.5 Å². The second kappa shape index (κ2) is 20.3. The summed E-state index contributed by atoms with van der Waals surface area (Å²) in [5.41, 5.74) is 9.21. The van der Waals surface area contributed by atoms with Crippen molar-refractivity contribution in [2.24, 2.45) is 5.73 Å². The van der Waals surface area contributed by atoms with Crippen LogP contribution in [0.3, 0.4) is 0 Å². The third-order valence-electron chi connectivity index (χ3n) is 13.8. The van der Waals surface area contributed by atoms with E-state index in [1.807, 2.05) is 35.2 Å². The summed E-state index contributed by atoms with van der Waals surface area (Å²) in [6.45, 7) is 11.8. The predicted octanol–water partition coefficient (Wildman–Crippen LogP) is 6.77. The third-order valence-corrected chi connectivity index (χ3v) is 13.8. The average molecular weight is 970 g/mol. The number of aromatic amines is 1. The lowest BCUT2D eigenvalue weighted by molar-refractivity contribution is -0.120. The molecule has 0 radical (unpaired) electrons. The number of imide groups is 1. The number of amides is 5. The van der Waals surface area contributed by atoms with Crippen LogP contribution in [0.1, 0.15) is 70.5 Å². The largest absolute Gasteiger partial charge is 0.495 e. The fourth-order valence-corrected chi connectivity index (χ4v) is 9.80. The Kier molecular flexibility index (Phi) is 14.0. The van der Waals surface area contributed by atoms with Crippen molar-refractivity contribution in [1.82, 2.24) is 35.0 Å². The van der Waals surface area contributed by atoms with Gasteiger partial charge in [0, 0.05) is 93.1 Å². The molecule has 0 saturated carbocycles. The molecule has 0 unspecified atom stereocenters. The van der Waals surface area contributed by atoms with E-state index in [0.29, 0.717) is 64.6 Å². The normalized spacial score (nSPS) is 16.4. The Balaban J connectivity index is 0.768.